The molecule has 0 atom stereocenters. The number of carbonyl (C=O) groups excluding carboxylic acids is 1. The van der Waals surface area contributed by atoms with Crippen LogP contribution < -0.4 is 10.1 Å². The third-order valence-corrected chi connectivity index (χ3v) is 5.46. The van der Waals surface area contributed by atoms with Gasteiger partial charge < -0.3 is 10.1 Å². The summed E-state index contributed by atoms with van der Waals surface area (Å²) in [5.41, 5.74) is 4.04. The van der Waals surface area contributed by atoms with E-state index in [-0.39, 0.29) is 5.57 Å². The molecule has 0 saturated heterocycles. The van der Waals surface area contributed by atoms with Crippen molar-refractivity contribution in [2.24, 2.45) is 0 Å². The number of nitrogens with one attached hydrogen (secondary N) is 1. The number of ether oxygens (including phenoxy) is 1. The molecule has 1 aromatic heterocycles. The summed E-state index contributed by atoms with van der Waals surface area (Å²) >= 11 is 5.94. The fourth-order valence-electron chi connectivity index (χ4n) is 3.45. The van der Waals surface area contributed by atoms with Crippen molar-refractivity contribution in [1.82, 2.24) is 15.1 Å². The van der Waals surface area contributed by atoms with Crippen LogP contribution in [0.1, 0.15) is 18.1 Å². The van der Waals surface area contributed by atoms with Gasteiger partial charge in [0.1, 0.15) is 24.0 Å². The lowest BCUT2D eigenvalue weighted by atomic mass is 10.1. The molecule has 6 nitrogen and oxygen atoms in total. The summed E-state index contributed by atoms with van der Waals surface area (Å²) in [6, 6.07) is 26.7. The fourth-order valence-corrected chi connectivity index (χ4v) is 3.57. The molecule has 0 aliphatic rings. The minimum absolute atomic E-state index is 0.0172. The van der Waals surface area contributed by atoms with Gasteiger partial charge in [0.15, 0.2) is 0 Å². The van der Waals surface area contributed by atoms with Gasteiger partial charge in [-0.3, -0.25) is 4.79 Å². The van der Waals surface area contributed by atoms with E-state index in [4.69, 9.17) is 21.4 Å². The Morgan fingerprint density at radius 3 is 2.46 bits per heavy atom. The molecule has 0 aliphatic heterocycles. The molecule has 4 aromatic rings. The first-order valence-corrected chi connectivity index (χ1v) is 11.5. The highest BCUT2D eigenvalue weighted by molar-refractivity contribution is 6.30. The number of likely N-dealkylation sites (N-methyl/N-ethyl adjacent to an activating group) is 1. The molecular weight excluding hydrogens is 460 g/mol. The Labute approximate surface area is 209 Å². The molecule has 174 valence electrons. The third kappa shape index (κ3) is 5.97. The number of nitriles is 1. The highest BCUT2D eigenvalue weighted by Crippen LogP contribution is 2.28. The quantitative estimate of drug-likeness (QED) is 0.253. The first kappa shape index (κ1) is 23.8. The highest BCUT2D eigenvalue weighted by atomic mass is 35.5. The van der Waals surface area contributed by atoms with E-state index in [9.17, 15) is 10.1 Å². The molecule has 0 bridgehead atoms. The number of hydrogen-bond donors (Lipinski definition) is 1. The summed E-state index contributed by atoms with van der Waals surface area (Å²) in [6.45, 7) is 2.67. The molecule has 1 heterocycles. The van der Waals surface area contributed by atoms with Crippen LogP contribution in [-0.4, -0.2) is 22.2 Å². The molecule has 35 heavy (non-hydrogen) atoms. The predicted octanol–water partition coefficient (Wildman–Crippen LogP) is 5.81. The van der Waals surface area contributed by atoms with Gasteiger partial charge in [-0.1, -0.05) is 41.9 Å². The number of halogens is 1. The number of carbonyl (C=O) groups is 1. The van der Waals surface area contributed by atoms with Crippen LogP contribution in [0.3, 0.4) is 0 Å². The van der Waals surface area contributed by atoms with Crippen LogP contribution in [0.4, 0.5) is 0 Å². The molecule has 4 rings (SSSR count). The summed E-state index contributed by atoms with van der Waals surface area (Å²) in [6.07, 6.45) is 3.38. The number of nitrogens with zero attached hydrogens (tertiary/aromatic N) is 3. The number of benzene rings is 3. The van der Waals surface area contributed by atoms with Gasteiger partial charge in [0, 0.05) is 28.9 Å². The normalized spacial score (nSPS) is 11.1. The molecule has 0 saturated carbocycles. The van der Waals surface area contributed by atoms with Crippen molar-refractivity contribution < 1.29 is 9.53 Å². The fraction of sp³-hybridized carbons (Fsp3) is 0.107. The van der Waals surface area contributed by atoms with Crippen LogP contribution in [0.2, 0.25) is 5.02 Å². The molecule has 0 unspecified atom stereocenters. The molecule has 0 aliphatic carbocycles. The van der Waals surface area contributed by atoms with E-state index in [2.05, 4.69) is 5.32 Å². The maximum atomic E-state index is 12.3. The number of hydrogen-bond acceptors (Lipinski definition) is 4. The highest BCUT2D eigenvalue weighted by Gasteiger charge is 2.15. The topological polar surface area (TPSA) is 79.9 Å². The summed E-state index contributed by atoms with van der Waals surface area (Å²) < 4.78 is 7.63. The SMILES string of the molecule is CCNC(=O)C(C#N)=Cc1cn(-c2ccccc2)nc1-c1ccc(OCc2ccc(Cl)cc2)cc1. The van der Waals surface area contributed by atoms with Crippen molar-refractivity contribution in [3.8, 4) is 28.8 Å². The van der Waals surface area contributed by atoms with Gasteiger partial charge in [-0.05, 0) is 67.1 Å². The van der Waals surface area contributed by atoms with Gasteiger partial charge in [0.2, 0.25) is 0 Å². The Morgan fingerprint density at radius 1 is 1.09 bits per heavy atom. The molecule has 1 amide bonds. The van der Waals surface area contributed by atoms with Crippen molar-refractivity contribution in [1.29, 1.82) is 5.26 Å². The Balaban J connectivity index is 1.64. The van der Waals surface area contributed by atoms with E-state index in [1.807, 2.05) is 98.1 Å². The Hall–Kier alpha value is -4.34. The van der Waals surface area contributed by atoms with Crippen LogP contribution >= 0.6 is 11.6 Å². The van der Waals surface area contributed by atoms with Crippen LogP contribution in [-0.2, 0) is 11.4 Å². The summed E-state index contributed by atoms with van der Waals surface area (Å²) in [5, 5.41) is 17.7. The lowest BCUT2D eigenvalue weighted by Crippen LogP contribution is -2.23. The maximum Gasteiger partial charge on any atom is 0.261 e. The van der Waals surface area contributed by atoms with E-state index < -0.39 is 5.91 Å². The van der Waals surface area contributed by atoms with Crippen LogP contribution in [0, 0.1) is 11.3 Å². The molecular formula is C28H23ClN4O2. The maximum absolute atomic E-state index is 12.3. The van der Waals surface area contributed by atoms with Crippen molar-refractivity contribution in [3.05, 3.63) is 107 Å². The van der Waals surface area contributed by atoms with Gasteiger partial charge in [-0.2, -0.15) is 10.4 Å². The van der Waals surface area contributed by atoms with Gasteiger partial charge in [0.05, 0.1) is 11.4 Å². The zero-order chi connectivity index (χ0) is 24.6. The first-order chi connectivity index (χ1) is 17.1. The van der Waals surface area contributed by atoms with Crippen LogP contribution in [0.15, 0.2) is 90.6 Å². The summed E-state index contributed by atoms with van der Waals surface area (Å²) in [4.78, 5) is 12.3. The largest absolute Gasteiger partial charge is 0.489 e. The number of para-hydroxylation sites is 1. The van der Waals surface area contributed by atoms with Gasteiger partial charge in [0.25, 0.3) is 5.91 Å². The Bertz CT molecular complexity index is 1370. The number of rotatable bonds is 8. The lowest BCUT2D eigenvalue weighted by Gasteiger charge is -2.07. The average Bonchev–Trinajstić information content (AvgIpc) is 3.32. The smallest absolute Gasteiger partial charge is 0.261 e. The zero-order valence-corrected chi connectivity index (χ0v) is 19.9. The second-order valence-corrected chi connectivity index (χ2v) is 8.12. The molecule has 3 aromatic carbocycles. The molecule has 1 N–H and O–H groups in total. The van der Waals surface area contributed by atoms with Gasteiger partial charge in [-0.15, -0.1) is 0 Å². The average molecular weight is 483 g/mol. The third-order valence-electron chi connectivity index (χ3n) is 5.21. The Morgan fingerprint density at radius 2 is 1.80 bits per heavy atom. The van der Waals surface area contributed by atoms with Gasteiger partial charge in [-0.25, -0.2) is 4.68 Å². The molecule has 0 fully saturated rings. The van der Waals surface area contributed by atoms with Crippen molar-refractivity contribution in [2.75, 3.05) is 6.54 Å². The first-order valence-electron chi connectivity index (χ1n) is 11.1. The van der Waals surface area contributed by atoms with Crippen molar-refractivity contribution in [2.45, 2.75) is 13.5 Å². The van der Waals surface area contributed by atoms with Crippen LogP contribution in [0.5, 0.6) is 5.75 Å². The van der Waals surface area contributed by atoms with Crippen LogP contribution in [0.25, 0.3) is 23.0 Å². The standard InChI is InChI=1S/C28H23ClN4O2/c1-2-31-28(34)22(17-30)16-23-18-33(25-6-4-3-5-7-25)32-27(23)21-10-14-26(15-11-21)35-19-20-8-12-24(29)13-9-20/h3-16,18H,2,19H2,1H3,(H,31,34). The van der Waals surface area contributed by atoms with E-state index in [0.717, 1.165) is 16.8 Å². The molecule has 0 radical (unpaired) electrons. The van der Waals surface area contributed by atoms with Gasteiger partial charge >= 0.3 is 0 Å². The van der Waals surface area contributed by atoms with Crippen molar-refractivity contribution >= 4 is 23.6 Å². The lowest BCUT2D eigenvalue weighted by molar-refractivity contribution is -0.116. The second-order valence-electron chi connectivity index (χ2n) is 7.68. The van der Waals surface area contributed by atoms with E-state index in [1.54, 1.807) is 10.8 Å². The molecule has 7 heteroatoms. The minimum atomic E-state index is -0.417. The molecule has 0 spiro atoms. The van der Waals surface area contributed by atoms with E-state index in [0.29, 0.717) is 35.2 Å². The zero-order valence-electron chi connectivity index (χ0n) is 19.1. The monoisotopic (exact) mass is 482 g/mol. The summed E-state index contributed by atoms with van der Waals surface area (Å²) in [7, 11) is 0. The minimum Gasteiger partial charge on any atom is -0.489 e. The summed E-state index contributed by atoms with van der Waals surface area (Å²) in [5.74, 6) is 0.294. The Kier molecular flexibility index (Phi) is 7.61. The second kappa shape index (κ2) is 11.2. The number of aromatic nitrogens is 2. The predicted molar refractivity (Wildman–Crippen MR) is 137 cm³/mol. The number of amides is 1. The van der Waals surface area contributed by atoms with E-state index in [1.165, 1.54) is 0 Å². The van der Waals surface area contributed by atoms with E-state index >= 15 is 0 Å². The van der Waals surface area contributed by atoms with Crippen molar-refractivity contribution in [3.63, 3.8) is 0 Å².